The van der Waals surface area contributed by atoms with E-state index in [1.54, 1.807) is 0 Å². The summed E-state index contributed by atoms with van der Waals surface area (Å²) in [6.07, 6.45) is 1.85. The molecule has 0 radical (unpaired) electrons. The number of halogens is 2. The van der Waals surface area contributed by atoms with Gasteiger partial charge in [0.05, 0.1) is 4.91 Å². The molecule has 0 spiro atoms. The molecule has 0 atom stereocenters. The minimum atomic E-state index is 0.643. The lowest BCUT2D eigenvalue weighted by Gasteiger charge is -2.00. The molecule has 0 fully saturated rings. The van der Waals surface area contributed by atoms with Crippen LogP contribution < -0.4 is 0 Å². The monoisotopic (exact) mass is 349 g/mol. The SMILES string of the molecule is N#CC(=Cc1ccc(Cl)cc1)Sc1ccc(Br)cc1. The number of allylic oxidation sites excluding steroid dienone is 1. The maximum atomic E-state index is 9.18. The van der Waals surface area contributed by atoms with E-state index in [1.165, 1.54) is 11.8 Å². The maximum absolute atomic E-state index is 9.18. The third kappa shape index (κ3) is 4.43. The summed E-state index contributed by atoms with van der Waals surface area (Å²) in [5.41, 5.74) is 0.963. The third-order valence-corrected chi connectivity index (χ3v) is 4.04. The number of thioether (sulfide) groups is 1. The van der Waals surface area contributed by atoms with Gasteiger partial charge in [-0.2, -0.15) is 5.26 Å². The zero-order chi connectivity index (χ0) is 13.7. The van der Waals surface area contributed by atoms with Crippen molar-refractivity contribution >= 4 is 45.4 Å². The molecular formula is C15H9BrClNS. The summed E-state index contributed by atoms with van der Waals surface area (Å²) in [4.78, 5) is 1.68. The van der Waals surface area contributed by atoms with E-state index in [1.807, 2.05) is 54.6 Å². The van der Waals surface area contributed by atoms with Crippen molar-refractivity contribution in [3.63, 3.8) is 0 Å². The minimum absolute atomic E-state index is 0.643. The van der Waals surface area contributed by atoms with Crippen LogP contribution in [0.3, 0.4) is 0 Å². The molecule has 0 amide bonds. The normalized spacial score (nSPS) is 11.1. The average molecular weight is 351 g/mol. The summed E-state index contributed by atoms with van der Waals surface area (Å²) in [6.45, 7) is 0. The highest BCUT2D eigenvalue weighted by atomic mass is 79.9. The highest BCUT2D eigenvalue weighted by Crippen LogP contribution is 2.28. The van der Waals surface area contributed by atoms with Gasteiger partial charge in [0.1, 0.15) is 6.07 Å². The first-order chi connectivity index (χ1) is 9.17. The quantitative estimate of drug-likeness (QED) is 0.519. The zero-order valence-corrected chi connectivity index (χ0v) is 13.0. The van der Waals surface area contributed by atoms with Gasteiger partial charge in [-0.25, -0.2) is 0 Å². The minimum Gasteiger partial charge on any atom is -0.192 e. The molecule has 0 saturated heterocycles. The van der Waals surface area contributed by atoms with Crippen LogP contribution in [0.15, 0.2) is 62.8 Å². The van der Waals surface area contributed by atoms with Crippen molar-refractivity contribution in [2.24, 2.45) is 0 Å². The molecule has 0 aromatic heterocycles. The first-order valence-corrected chi connectivity index (χ1v) is 7.47. The van der Waals surface area contributed by atoms with Gasteiger partial charge in [-0.05, 0) is 48.0 Å². The van der Waals surface area contributed by atoms with Gasteiger partial charge in [-0.1, -0.05) is 51.4 Å². The molecule has 2 rings (SSSR count). The van der Waals surface area contributed by atoms with Crippen molar-refractivity contribution in [2.45, 2.75) is 4.90 Å². The lowest BCUT2D eigenvalue weighted by atomic mass is 10.2. The van der Waals surface area contributed by atoms with E-state index in [9.17, 15) is 5.26 Å². The lowest BCUT2D eigenvalue weighted by molar-refractivity contribution is 1.44. The Morgan fingerprint density at radius 2 is 1.74 bits per heavy atom. The fraction of sp³-hybridized carbons (Fsp3) is 0. The predicted octanol–water partition coefficient (Wildman–Crippen LogP) is 5.76. The van der Waals surface area contributed by atoms with Crippen molar-refractivity contribution in [3.8, 4) is 6.07 Å². The van der Waals surface area contributed by atoms with Gasteiger partial charge in [-0.3, -0.25) is 0 Å². The number of rotatable bonds is 3. The number of benzene rings is 2. The molecule has 0 saturated carbocycles. The van der Waals surface area contributed by atoms with Gasteiger partial charge < -0.3 is 0 Å². The van der Waals surface area contributed by atoms with Crippen molar-refractivity contribution in [1.82, 2.24) is 0 Å². The van der Waals surface area contributed by atoms with Gasteiger partial charge in [0.2, 0.25) is 0 Å². The average Bonchev–Trinajstić information content (AvgIpc) is 2.43. The molecule has 2 aromatic rings. The van der Waals surface area contributed by atoms with Crippen molar-refractivity contribution in [2.75, 3.05) is 0 Å². The second kappa shape index (κ2) is 6.81. The molecule has 0 N–H and O–H groups in total. The van der Waals surface area contributed by atoms with E-state index in [0.717, 1.165) is 14.9 Å². The van der Waals surface area contributed by atoms with Crippen LogP contribution in [-0.2, 0) is 0 Å². The van der Waals surface area contributed by atoms with Crippen molar-refractivity contribution in [1.29, 1.82) is 5.26 Å². The summed E-state index contributed by atoms with van der Waals surface area (Å²) < 4.78 is 1.03. The Labute approximate surface area is 130 Å². The van der Waals surface area contributed by atoms with Gasteiger partial charge >= 0.3 is 0 Å². The molecule has 19 heavy (non-hydrogen) atoms. The second-order valence-corrected chi connectivity index (χ2v) is 6.20. The Morgan fingerprint density at radius 3 is 2.32 bits per heavy atom. The summed E-state index contributed by atoms with van der Waals surface area (Å²) in [5.74, 6) is 0. The Kier molecular flexibility index (Phi) is 5.09. The molecule has 0 aliphatic rings. The Morgan fingerprint density at radius 1 is 1.11 bits per heavy atom. The maximum Gasteiger partial charge on any atom is 0.106 e. The standard InChI is InChI=1S/C15H9BrClNS/c16-12-3-7-14(8-4-12)19-15(10-18)9-11-1-5-13(17)6-2-11/h1-9H. The van der Waals surface area contributed by atoms with Crippen LogP contribution >= 0.6 is 39.3 Å². The van der Waals surface area contributed by atoms with E-state index in [4.69, 9.17) is 11.6 Å². The topological polar surface area (TPSA) is 23.8 Å². The van der Waals surface area contributed by atoms with Crippen LogP contribution in [0.2, 0.25) is 5.02 Å². The summed E-state index contributed by atoms with van der Waals surface area (Å²) >= 11 is 10.7. The predicted molar refractivity (Wildman–Crippen MR) is 85.0 cm³/mol. The molecule has 0 unspecified atom stereocenters. The third-order valence-electron chi connectivity index (χ3n) is 2.32. The van der Waals surface area contributed by atoms with Gasteiger partial charge in [0.15, 0.2) is 0 Å². The molecule has 2 aromatic carbocycles. The van der Waals surface area contributed by atoms with E-state index in [-0.39, 0.29) is 0 Å². The van der Waals surface area contributed by atoms with Crippen LogP contribution in [0, 0.1) is 11.3 Å². The Balaban J connectivity index is 2.18. The Hall–Kier alpha value is -1.21. The fourth-order valence-corrected chi connectivity index (χ4v) is 2.58. The van der Waals surface area contributed by atoms with Gasteiger partial charge in [0, 0.05) is 14.4 Å². The van der Waals surface area contributed by atoms with Crippen LogP contribution in [0.5, 0.6) is 0 Å². The van der Waals surface area contributed by atoms with E-state index < -0.39 is 0 Å². The molecule has 0 aliphatic heterocycles. The van der Waals surface area contributed by atoms with Crippen molar-refractivity contribution in [3.05, 3.63) is 68.5 Å². The zero-order valence-electron chi connectivity index (χ0n) is 9.81. The molecule has 94 valence electrons. The van der Waals surface area contributed by atoms with E-state index in [0.29, 0.717) is 9.93 Å². The smallest absolute Gasteiger partial charge is 0.106 e. The molecule has 4 heteroatoms. The van der Waals surface area contributed by atoms with Gasteiger partial charge in [-0.15, -0.1) is 0 Å². The van der Waals surface area contributed by atoms with Crippen molar-refractivity contribution < 1.29 is 0 Å². The number of nitrogens with zero attached hydrogens (tertiary/aromatic N) is 1. The van der Waals surface area contributed by atoms with E-state index >= 15 is 0 Å². The fourth-order valence-electron chi connectivity index (χ4n) is 1.42. The highest BCUT2D eigenvalue weighted by Gasteiger charge is 2.01. The van der Waals surface area contributed by atoms with Crippen LogP contribution in [0.4, 0.5) is 0 Å². The number of nitriles is 1. The number of hydrogen-bond donors (Lipinski definition) is 0. The van der Waals surface area contributed by atoms with E-state index in [2.05, 4.69) is 22.0 Å². The second-order valence-electron chi connectivity index (χ2n) is 3.73. The first-order valence-electron chi connectivity index (χ1n) is 5.48. The largest absolute Gasteiger partial charge is 0.192 e. The number of hydrogen-bond acceptors (Lipinski definition) is 2. The summed E-state index contributed by atoms with van der Waals surface area (Å²) in [7, 11) is 0. The lowest BCUT2D eigenvalue weighted by Crippen LogP contribution is -1.77. The van der Waals surface area contributed by atoms with Gasteiger partial charge in [0.25, 0.3) is 0 Å². The van der Waals surface area contributed by atoms with Crippen LogP contribution in [0.1, 0.15) is 5.56 Å². The Bertz CT molecular complexity index is 627. The molecular weight excluding hydrogens is 342 g/mol. The molecule has 0 heterocycles. The van der Waals surface area contributed by atoms with Crippen LogP contribution in [0.25, 0.3) is 6.08 Å². The summed E-state index contributed by atoms with van der Waals surface area (Å²) in [5, 5.41) is 9.87. The summed E-state index contributed by atoms with van der Waals surface area (Å²) in [6, 6.07) is 17.5. The first kappa shape index (κ1) is 14.2. The highest BCUT2D eigenvalue weighted by molar-refractivity contribution is 9.10. The molecule has 0 bridgehead atoms. The van der Waals surface area contributed by atoms with Crippen LogP contribution in [-0.4, -0.2) is 0 Å². The molecule has 0 aliphatic carbocycles. The molecule has 1 nitrogen and oxygen atoms in total.